The fourth-order valence-corrected chi connectivity index (χ4v) is 4.79. The Morgan fingerprint density at radius 1 is 1.14 bits per heavy atom. The summed E-state index contributed by atoms with van der Waals surface area (Å²) >= 11 is 0. The highest BCUT2D eigenvalue weighted by Gasteiger charge is 2.21. The molecule has 8 heteroatoms. The van der Waals surface area contributed by atoms with Crippen molar-refractivity contribution in [2.24, 2.45) is 11.8 Å². The number of methoxy groups -OCH3 is 1. The van der Waals surface area contributed by atoms with Gasteiger partial charge in [-0.1, -0.05) is 32.9 Å². The maximum Gasteiger partial charge on any atom is 0.351 e. The molecule has 1 aliphatic heterocycles. The lowest BCUT2D eigenvalue weighted by Gasteiger charge is -2.30. The maximum atomic E-state index is 14.0. The van der Waals surface area contributed by atoms with Crippen molar-refractivity contribution in [2.45, 2.75) is 53.0 Å². The van der Waals surface area contributed by atoms with Gasteiger partial charge in [0.1, 0.15) is 0 Å². The number of benzene rings is 2. The highest BCUT2D eigenvalue weighted by molar-refractivity contribution is 5.79. The minimum Gasteiger partial charge on any atom is -0.494 e. The number of aromatic nitrogens is 3. The number of ether oxygens (including phenoxy) is 1. The summed E-state index contributed by atoms with van der Waals surface area (Å²) < 4.78 is 21.8. The molecule has 4 rings (SSSR count). The van der Waals surface area contributed by atoms with E-state index < -0.39 is 11.5 Å². The first-order valence-corrected chi connectivity index (χ1v) is 13.1. The lowest BCUT2D eigenvalue weighted by molar-refractivity contribution is -0.120. The molecular formula is C29H37FN4O3. The average Bonchev–Trinajstić information content (AvgIpc) is 3.19. The number of carbonyl (C=O) groups excluding carboxylic acids is 1. The monoisotopic (exact) mass is 508 g/mol. The number of halogens is 1. The second-order valence-corrected chi connectivity index (χ2v) is 10.5. The molecule has 0 bridgehead atoms. The van der Waals surface area contributed by atoms with Gasteiger partial charge in [-0.3, -0.25) is 9.36 Å². The molecule has 37 heavy (non-hydrogen) atoms. The summed E-state index contributed by atoms with van der Waals surface area (Å²) in [5, 5.41) is 4.57. The molecule has 7 nitrogen and oxygen atoms in total. The molecule has 1 aliphatic rings. The Hall–Kier alpha value is -3.26. The van der Waals surface area contributed by atoms with Gasteiger partial charge in [-0.25, -0.2) is 9.18 Å². The molecule has 0 unspecified atom stereocenters. The van der Waals surface area contributed by atoms with Crippen LogP contribution >= 0.6 is 0 Å². The summed E-state index contributed by atoms with van der Waals surface area (Å²) in [5.74, 6) is 0.763. The van der Waals surface area contributed by atoms with Gasteiger partial charge in [-0.05, 0) is 80.1 Å². The van der Waals surface area contributed by atoms with E-state index in [9.17, 15) is 14.0 Å². The van der Waals surface area contributed by atoms with E-state index in [0.29, 0.717) is 23.5 Å². The topological polar surface area (TPSA) is 69.4 Å². The van der Waals surface area contributed by atoms with Crippen LogP contribution in [-0.2, 0) is 17.8 Å². The Bertz CT molecular complexity index is 1270. The first-order chi connectivity index (χ1) is 17.7. The molecule has 0 spiro atoms. The van der Waals surface area contributed by atoms with Gasteiger partial charge in [0, 0.05) is 18.5 Å². The van der Waals surface area contributed by atoms with Gasteiger partial charge in [0.2, 0.25) is 0 Å². The molecule has 1 saturated heterocycles. The van der Waals surface area contributed by atoms with Crippen LogP contribution in [-0.4, -0.2) is 51.8 Å². The van der Waals surface area contributed by atoms with Crippen LogP contribution < -0.4 is 10.4 Å². The van der Waals surface area contributed by atoms with Gasteiger partial charge >= 0.3 is 5.69 Å². The lowest BCUT2D eigenvalue weighted by Crippen LogP contribution is -2.34. The molecule has 2 aromatic carbocycles. The molecule has 0 N–H and O–H groups in total. The van der Waals surface area contributed by atoms with Crippen molar-refractivity contribution in [2.75, 3.05) is 26.7 Å². The summed E-state index contributed by atoms with van der Waals surface area (Å²) in [4.78, 5) is 28.6. The molecule has 2 heterocycles. The minimum atomic E-state index is -0.509. The van der Waals surface area contributed by atoms with Crippen LogP contribution in [0.4, 0.5) is 4.39 Å². The number of carbonyl (C=O) groups is 1. The summed E-state index contributed by atoms with van der Waals surface area (Å²) in [5.41, 5.74) is 1.90. The Morgan fingerprint density at radius 2 is 1.84 bits per heavy atom. The highest BCUT2D eigenvalue weighted by Crippen LogP contribution is 2.25. The number of Topliss-reactive ketones (excluding diaryl/α,β-unsaturated/α-hetero) is 1. The third kappa shape index (κ3) is 6.55. The zero-order valence-corrected chi connectivity index (χ0v) is 22.2. The normalized spacial score (nSPS) is 14.9. The van der Waals surface area contributed by atoms with Crippen molar-refractivity contribution in [1.82, 2.24) is 19.2 Å². The van der Waals surface area contributed by atoms with Crippen LogP contribution in [0.5, 0.6) is 5.75 Å². The Morgan fingerprint density at radius 3 is 2.49 bits per heavy atom. The molecule has 3 aromatic rings. The van der Waals surface area contributed by atoms with Gasteiger partial charge in [0.25, 0.3) is 0 Å². The summed E-state index contributed by atoms with van der Waals surface area (Å²) in [7, 11) is 1.38. The number of piperidine rings is 1. The fourth-order valence-electron chi connectivity index (χ4n) is 4.79. The van der Waals surface area contributed by atoms with Gasteiger partial charge in [-0.2, -0.15) is 4.68 Å². The van der Waals surface area contributed by atoms with Crippen molar-refractivity contribution in [1.29, 1.82) is 0 Å². The number of hydrogen-bond acceptors (Lipinski definition) is 5. The molecule has 0 aliphatic carbocycles. The largest absolute Gasteiger partial charge is 0.494 e. The zero-order chi connectivity index (χ0) is 26.5. The first kappa shape index (κ1) is 26.8. The molecule has 198 valence electrons. The van der Waals surface area contributed by atoms with E-state index in [1.165, 1.54) is 53.0 Å². The smallest absolute Gasteiger partial charge is 0.351 e. The van der Waals surface area contributed by atoms with Crippen LogP contribution in [0.3, 0.4) is 0 Å². The molecular weight excluding hydrogens is 471 g/mol. The Balaban J connectivity index is 1.61. The maximum absolute atomic E-state index is 14.0. The fraction of sp³-hybridized carbons (Fsp3) is 0.483. The molecule has 1 aromatic heterocycles. The molecule has 0 amide bonds. The standard InChI is InChI=1S/C29H37FN4O3/c1-20(2)17-25(35)19-33-28(23-7-10-26(30)27(18-23)37-4)31-34(29(33)36)24-8-5-22(6-9-24)13-16-32-14-11-21(3)12-15-32/h5-10,18,20-21H,11-17,19H2,1-4H3. The predicted molar refractivity (Wildman–Crippen MR) is 143 cm³/mol. The van der Waals surface area contributed by atoms with E-state index in [-0.39, 0.29) is 24.0 Å². The zero-order valence-electron chi connectivity index (χ0n) is 22.2. The lowest BCUT2D eigenvalue weighted by atomic mass is 9.99. The minimum absolute atomic E-state index is 0.0482. The highest BCUT2D eigenvalue weighted by atomic mass is 19.1. The Kier molecular flexibility index (Phi) is 8.59. The number of hydrogen-bond donors (Lipinski definition) is 0. The van der Waals surface area contributed by atoms with E-state index in [1.807, 2.05) is 38.1 Å². The first-order valence-electron chi connectivity index (χ1n) is 13.1. The third-order valence-electron chi connectivity index (χ3n) is 7.02. The van der Waals surface area contributed by atoms with Crippen LogP contribution in [0, 0.1) is 17.7 Å². The van der Waals surface area contributed by atoms with Crippen molar-refractivity contribution >= 4 is 5.78 Å². The van der Waals surface area contributed by atoms with Gasteiger partial charge < -0.3 is 9.64 Å². The van der Waals surface area contributed by atoms with Crippen molar-refractivity contribution in [3.63, 3.8) is 0 Å². The molecule has 0 radical (unpaired) electrons. The van der Waals surface area contributed by atoms with Crippen molar-refractivity contribution in [3.05, 3.63) is 64.3 Å². The SMILES string of the molecule is COc1cc(-c2nn(-c3ccc(CCN4CCC(C)CC4)cc3)c(=O)n2CC(=O)CC(C)C)ccc1F. The van der Waals surface area contributed by atoms with Gasteiger partial charge in [0.15, 0.2) is 23.2 Å². The summed E-state index contributed by atoms with van der Waals surface area (Å²) in [6, 6.07) is 12.1. The third-order valence-corrected chi connectivity index (χ3v) is 7.02. The number of nitrogens with zero attached hydrogens (tertiary/aromatic N) is 4. The second kappa shape index (κ2) is 11.9. The van der Waals surface area contributed by atoms with Crippen molar-refractivity contribution < 1.29 is 13.9 Å². The number of ketones is 1. The summed E-state index contributed by atoms with van der Waals surface area (Å²) in [6.07, 6.45) is 3.82. The van der Waals surface area contributed by atoms with Crippen LogP contribution in [0.2, 0.25) is 0 Å². The quantitative estimate of drug-likeness (QED) is 0.396. The van der Waals surface area contributed by atoms with E-state index in [2.05, 4.69) is 16.9 Å². The second-order valence-electron chi connectivity index (χ2n) is 10.5. The molecule has 0 atom stereocenters. The number of likely N-dealkylation sites (tertiary alicyclic amines) is 1. The molecule has 0 saturated carbocycles. The predicted octanol–water partition coefficient (Wildman–Crippen LogP) is 4.74. The van der Waals surface area contributed by atoms with E-state index in [0.717, 1.165) is 32.0 Å². The van der Waals surface area contributed by atoms with Crippen LogP contribution in [0.1, 0.15) is 45.6 Å². The van der Waals surface area contributed by atoms with Crippen LogP contribution in [0.15, 0.2) is 47.3 Å². The van der Waals surface area contributed by atoms with Crippen molar-refractivity contribution in [3.8, 4) is 22.8 Å². The van der Waals surface area contributed by atoms with Gasteiger partial charge in [-0.15, -0.1) is 5.10 Å². The van der Waals surface area contributed by atoms with E-state index in [1.54, 1.807) is 0 Å². The number of rotatable bonds is 10. The average molecular weight is 509 g/mol. The van der Waals surface area contributed by atoms with E-state index >= 15 is 0 Å². The van der Waals surface area contributed by atoms with E-state index in [4.69, 9.17) is 4.74 Å². The summed E-state index contributed by atoms with van der Waals surface area (Å²) in [6.45, 7) is 9.47. The van der Waals surface area contributed by atoms with Gasteiger partial charge in [0.05, 0.1) is 19.3 Å². The molecule has 1 fully saturated rings. The Labute approximate surface area is 217 Å². The van der Waals surface area contributed by atoms with Crippen LogP contribution in [0.25, 0.3) is 17.1 Å².